The maximum Gasteiger partial charge on any atom is 0.307 e. The highest BCUT2D eigenvalue weighted by Gasteiger charge is 2.05. The zero-order valence-electron chi connectivity index (χ0n) is 11.1. The third-order valence-electron chi connectivity index (χ3n) is 2.36. The van der Waals surface area contributed by atoms with Crippen LogP contribution >= 0.6 is 0 Å². The van der Waals surface area contributed by atoms with E-state index in [1.54, 1.807) is 14.2 Å². The van der Waals surface area contributed by atoms with Gasteiger partial charge in [0.15, 0.2) is 11.5 Å². The van der Waals surface area contributed by atoms with Crippen molar-refractivity contribution >= 4 is 5.97 Å². The number of esters is 1. The second-order valence-corrected chi connectivity index (χ2v) is 3.94. The van der Waals surface area contributed by atoms with E-state index in [1.165, 1.54) is 13.2 Å². The fourth-order valence-electron chi connectivity index (χ4n) is 1.54. The van der Waals surface area contributed by atoms with E-state index in [1.807, 2.05) is 25.1 Å². The van der Waals surface area contributed by atoms with E-state index < -0.39 is 0 Å². The van der Waals surface area contributed by atoms with Gasteiger partial charge in [-0.3, -0.25) is 4.79 Å². The number of rotatable bonds is 5. The van der Waals surface area contributed by atoms with E-state index in [-0.39, 0.29) is 5.97 Å². The molecule has 0 spiro atoms. The molecule has 0 amide bonds. The Morgan fingerprint density at radius 3 is 2.39 bits per heavy atom. The number of allylic oxidation sites excluding steroid dienone is 1. The molecule has 0 fully saturated rings. The fraction of sp³-hybridized carbons (Fsp3) is 0.357. The van der Waals surface area contributed by atoms with Gasteiger partial charge in [0.25, 0.3) is 0 Å². The van der Waals surface area contributed by atoms with Gasteiger partial charge in [-0.05, 0) is 36.6 Å². The van der Waals surface area contributed by atoms with E-state index in [9.17, 15) is 4.79 Å². The van der Waals surface area contributed by atoms with Crippen molar-refractivity contribution in [1.29, 1.82) is 0 Å². The van der Waals surface area contributed by atoms with Crippen LogP contribution in [-0.2, 0) is 16.0 Å². The summed E-state index contributed by atoms with van der Waals surface area (Å²) in [4.78, 5) is 10.7. The summed E-state index contributed by atoms with van der Waals surface area (Å²) in [6, 6.07) is 5.71. The van der Waals surface area contributed by atoms with Crippen LogP contribution < -0.4 is 9.47 Å². The standard InChI is InChI=1S/C14H18O4/c1-10(9-18-11(2)15)7-12-5-6-13(16-3)14(8-12)17-4/h5-6,8-9H,7H2,1-4H3. The molecule has 0 aliphatic heterocycles. The van der Waals surface area contributed by atoms with Crippen molar-refractivity contribution in [2.45, 2.75) is 20.3 Å². The summed E-state index contributed by atoms with van der Waals surface area (Å²) in [6.45, 7) is 3.28. The highest BCUT2D eigenvalue weighted by atomic mass is 16.5. The predicted molar refractivity (Wildman–Crippen MR) is 68.8 cm³/mol. The molecule has 0 aromatic heterocycles. The summed E-state index contributed by atoms with van der Waals surface area (Å²) >= 11 is 0. The molecular weight excluding hydrogens is 232 g/mol. The highest BCUT2D eigenvalue weighted by Crippen LogP contribution is 2.28. The molecule has 0 N–H and O–H groups in total. The summed E-state index contributed by atoms with van der Waals surface area (Å²) in [7, 11) is 3.20. The van der Waals surface area contributed by atoms with Gasteiger partial charge in [0.1, 0.15) is 0 Å². The molecule has 0 saturated carbocycles. The van der Waals surface area contributed by atoms with Gasteiger partial charge in [0, 0.05) is 6.92 Å². The number of benzene rings is 1. The lowest BCUT2D eigenvalue weighted by Gasteiger charge is -2.09. The Bertz CT molecular complexity index is 449. The van der Waals surface area contributed by atoms with Gasteiger partial charge in [-0.15, -0.1) is 0 Å². The average molecular weight is 250 g/mol. The molecule has 0 radical (unpaired) electrons. The number of ether oxygens (including phenoxy) is 3. The highest BCUT2D eigenvalue weighted by molar-refractivity contribution is 5.66. The van der Waals surface area contributed by atoms with E-state index in [2.05, 4.69) is 0 Å². The van der Waals surface area contributed by atoms with Crippen LogP contribution in [0.1, 0.15) is 19.4 Å². The lowest BCUT2D eigenvalue weighted by atomic mass is 10.1. The summed E-state index contributed by atoms with van der Waals surface area (Å²) in [5.41, 5.74) is 2.02. The van der Waals surface area contributed by atoms with E-state index in [4.69, 9.17) is 14.2 Å². The van der Waals surface area contributed by atoms with Crippen molar-refractivity contribution in [1.82, 2.24) is 0 Å². The van der Waals surface area contributed by atoms with Crippen molar-refractivity contribution in [2.75, 3.05) is 14.2 Å². The quantitative estimate of drug-likeness (QED) is 0.595. The minimum absolute atomic E-state index is 0.318. The topological polar surface area (TPSA) is 44.8 Å². The van der Waals surface area contributed by atoms with Crippen LogP contribution in [0.25, 0.3) is 0 Å². The molecule has 0 aliphatic rings. The first-order chi connectivity index (χ1) is 8.56. The molecular formula is C14H18O4. The lowest BCUT2D eigenvalue weighted by Crippen LogP contribution is -1.95. The minimum Gasteiger partial charge on any atom is -0.493 e. The van der Waals surface area contributed by atoms with Gasteiger partial charge >= 0.3 is 5.97 Å². The van der Waals surface area contributed by atoms with Crippen molar-refractivity contribution in [2.24, 2.45) is 0 Å². The van der Waals surface area contributed by atoms with E-state index in [0.717, 1.165) is 11.1 Å². The van der Waals surface area contributed by atoms with Gasteiger partial charge in [-0.1, -0.05) is 6.07 Å². The van der Waals surface area contributed by atoms with Crippen LogP contribution in [0.5, 0.6) is 11.5 Å². The first-order valence-corrected chi connectivity index (χ1v) is 5.60. The smallest absolute Gasteiger partial charge is 0.307 e. The molecule has 1 rings (SSSR count). The van der Waals surface area contributed by atoms with Crippen molar-refractivity contribution < 1.29 is 19.0 Å². The van der Waals surface area contributed by atoms with Crippen LogP contribution in [0.2, 0.25) is 0 Å². The van der Waals surface area contributed by atoms with Crippen molar-refractivity contribution in [3.63, 3.8) is 0 Å². The zero-order chi connectivity index (χ0) is 13.5. The molecule has 0 heterocycles. The van der Waals surface area contributed by atoms with E-state index in [0.29, 0.717) is 17.9 Å². The summed E-state index contributed by atoms with van der Waals surface area (Å²) < 4.78 is 15.2. The maximum absolute atomic E-state index is 10.7. The molecule has 4 heteroatoms. The Morgan fingerprint density at radius 2 is 1.83 bits per heavy atom. The molecule has 0 bridgehead atoms. The Kier molecular flexibility index (Phi) is 5.24. The molecule has 1 aromatic rings. The molecule has 18 heavy (non-hydrogen) atoms. The normalized spacial score (nSPS) is 11.0. The third kappa shape index (κ3) is 4.13. The molecule has 0 aliphatic carbocycles. The third-order valence-corrected chi connectivity index (χ3v) is 2.36. The first-order valence-electron chi connectivity index (χ1n) is 5.60. The van der Waals surface area contributed by atoms with Gasteiger partial charge < -0.3 is 14.2 Å². The molecule has 0 atom stereocenters. The van der Waals surface area contributed by atoms with Crippen LogP contribution in [0.3, 0.4) is 0 Å². The molecule has 98 valence electrons. The monoisotopic (exact) mass is 250 g/mol. The van der Waals surface area contributed by atoms with Crippen LogP contribution in [0.4, 0.5) is 0 Å². The van der Waals surface area contributed by atoms with Crippen LogP contribution in [-0.4, -0.2) is 20.2 Å². The van der Waals surface area contributed by atoms with Crippen molar-refractivity contribution in [3.8, 4) is 11.5 Å². The summed E-state index contributed by atoms with van der Waals surface area (Å²) in [6.07, 6.45) is 2.16. The molecule has 4 nitrogen and oxygen atoms in total. The van der Waals surface area contributed by atoms with Crippen LogP contribution in [0, 0.1) is 0 Å². The van der Waals surface area contributed by atoms with Gasteiger partial charge in [0.05, 0.1) is 20.5 Å². The number of hydrogen-bond donors (Lipinski definition) is 0. The zero-order valence-corrected chi connectivity index (χ0v) is 11.1. The second kappa shape index (κ2) is 6.69. The number of hydrogen-bond acceptors (Lipinski definition) is 4. The largest absolute Gasteiger partial charge is 0.493 e. The molecule has 0 unspecified atom stereocenters. The van der Waals surface area contributed by atoms with Gasteiger partial charge in [0.2, 0.25) is 0 Å². The minimum atomic E-state index is -0.318. The number of carbonyl (C=O) groups excluding carboxylic acids is 1. The predicted octanol–water partition coefficient (Wildman–Crippen LogP) is 2.71. The number of methoxy groups -OCH3 is 2. The second-order valence-electron chi connectivity index (χ2n) is 3.94. The lowest BCUT2D eigenvalue weighted by molar-refractivity contribution is -0.135. The van der Waals surface area contributed by atoms with Gasteiger partial charge in [-0.2, -0.15) is 0 Å². The summed E-state index contributed by atoms with van der Waals surface area (Å²) in [5, 5.41) is 0. The maximum atomic E-state index is 10.7. The fourth-order valence-corrected chi connectivity index (χ4v) is 1.54. The van der Waals surface area contributed by atoms with Crippen LogP contribution in [0.15, 0.2) is 30.0 Å². The molecule has 1 aromatic carbocycles. The SMILES string of the molecule is COc1ccc(CC(C)=COC(C)=O)cc1OC. The summed E-state index contributed by atoms with van der Waals surface area (Å²) in [5.74, 6) is 1.07. The van der Waals surface area contributed by atoms with Crippen molar-refractivity contribution in [3.05, 3.63) is 35.6 Å². The Hall–Kier alpha value is -1.97. The first kappa shape index (κ1) is 14.1. The Labute approximate surface area is 107 Å². The Balaban J connectivity index is 2.79. The van der Waals surface area contributed by atoms with Gasteiger partial charge in [-0.25, -0.2) is 0 Å². The molecule has 0 saturated heterocycles. The Morgan fingerprint density at radius 1 is 1.17 bits per heavy atom. The van der Waals surface area contributed by atoms with E-state index >= 15 is 0 Å². The number of carbonyl (C=O) groups is 1. The average Bonchev–Trinajstić information content (AvgIpc) is 2.36.